The summed E-state index contributed by atoms with van der Waals surface area (Å²) in [6.07, 6.45) is 2.12. The third-order valence-corrected chi connectivity index (χ3v) is 6.81. The Morgan fingerprint density at radius 3 is 2.27 bits per heavy atom. The molecular formula is C24H25F5O. The molecule has 162 valence electrons. The van der Waals surface area contributed by atoms with Crippen LogP contribution in [-0.4, -0.2) is 6.36 Å². The minimum absolute atomic E-state index is 0.163. The topological polar surface area (TPSA) is 9.23 Å². The molecule has 2 aromatic carbocycles. The summed E-state index contributed by atoms with van der Waals surface area (Å²) >= 11 is 0. The van der Waals surface area contributed by atoms with Gasteiger partial charge in [-0.25, -0.2) is 8.78 Å². The summed E-state index contributed by atoms with van der Waals surface area (Å²) in [4.78, 5) is 0. The van der Waals surface area contributed by atoms with Crippen molar-refractivity contribution in [2.45, 2.75) is 57.7 Å². The molecule has 0 N–H and O–H groups in total. The molecule has 2 saturated carbocycles. The van der Waals surface area contributed by atoms with Crippen molar-refractivity contribution in [1.29, 1.82) is 0 Å². The summed E-state index contributed by atoms with van der Waals surface area (Å²) in [6.45, 7) is 2.32. The predicted octanol–water partition coefficient (Wildman–Crippen LogP) is 7.85. The summed E-state index contributed by atoms with van der Waals surface area (Å²) in [5.41, 5.74) is 1.29. The van der Waals surface area contributed by atoms with E-state index in [9.17, 15) is 22.0 Å². The lowest BCUT2D eigenvalue weighted by atomic mass is 9.64. The maximum atomic E-state index is 14.8. The average molecular weight is 424 g/mol. The average Bonchev–Trinajstić information content (AvgIpc) is 2.68. The highest BCUT2D eigenvalue weighted by Crippen LogP contribution is 2.47. The Balaban J connectivity index is 1.51. The van der Waals surface area contributed by atoms with Gasteiger partial charge in [0.1, 0.15) is 5.82 Å². The molecule has 0 bridgehead atoms. The fraction of sp³-hybridized carbons (Fsp3) is 0.500. The second-order valence-corrected chi connectivity index (χ2v) is 8.88. The number of halogens is 5. The van der Waals surface area contributed by atoms with E-state index >= 15 is 0 Å². The molecule has 0 radical (unpaired) electrons. The molecule has 0 aromatic heterocycles. The summed E-state index contributed by atoms with van der Waals surface area (Å²) in [5, 5.41) is 0. The van der Waals surface area contributed by atoms with E-state index in [1.54, 1.807) is 6.07 Å². The number of benzene rings is 2. The van der Waals surface area contributed by atoms with Gasteiger partial charge in [0.25, 0.3) is 0 Å². The Morgan fingerprint density at radius 2 is 1.57 bits per heavy atom. The van der Waals surface area contributed by atoms with Gasteiger partial charge in [-0.2, -0.15) is 0 Å². The molecule has 4 atom stereocenters. The highest BCUT2D eigenvalue weighted by molar-refractivity contribution is 5.65. The summed E-state index contributed by atoms with van der Waals surface area (Å²) < 4.78 is 69.4. The zero-order valence-electron chi connectivity index (χ0n) is 16.8. The maximum Gasteiger partial charge on any atom is 0.573 e. The van der Waals surface area contributed by atoms with E-state index in [1.165, 1.54) is 37.8 Å². The number of hydrogen-bond acceptors (Lipinski definition) is 1. The van der Waals surface area contributed by atoms with Gasteiger partial charge in [0, 0.05) is 5.56 Å². The van der Waals surface area contributed by atoms with Gasteiger partial charge in [-0.15, -0.1) is 13.2 Å². The van der Waals surface area contributed by atoms with Gasteiger partial charge in [0.15, 0.2) is 11.6 Å². The molecule has 0 amide bonds. The highest BCUT2D eigenvalue weighted by atomic mass is 19.4. The largest absolute Gasteiger partial charge is 0.573 e. The molecular weight excluding hydrogens is 399 g/mol. The lowest BCUT2D eigenvalue weighted by molar-refractivity contribution is -0.275. The van der Waals surface area contributed by atoms with Crippen LogP contribution in [0.2, 0.25) is 0 Å². The monoisotopic (exact) mass is 424 g/mol. The van der Waals surface area contributed by atoms with Crippen molar-refractivity contribution in [3.63, 3.8) is 0 Å². The van der Waals surface area contributed by atoms with Gasteiger partial charge >= 0.3 is 6.36 Å². The molecule has 2 aromatic rings. The molecule has 6 heteroatoms. The van der Waals surface area contributed by atoms with Gasteiger partial charge in [-0.3, -0.25) is 0 Å². The Kier molecular flexibility index (Phi) is 5.78. The smallest absolute Gasteiger partial charge is 0.403 e. The van der Waals surface area contributed by atoms with E-state index in [2.05, 4.69) is 11.7 Å². The second-order valence-electron chi connectivity index (χ2n) is 8.88. The minimum atomic E-state index is -4.98. The van der Waals surface area contributed by atoms with Crippen LogP contribution in [-0.2, 0) is 0 Å². The zero-order valence-corrected chi connectivity index (χ0v) is 16.8. The quantitative estimate of drug-likeness (QED) is 0.456. The van der Waals surface area contributed by atoms with Crippen LogP contribution in [0.15, 0.2) is 36.4 Å². The lowest BCUT2D eigenvalue weighted by Gasteiger charge is -2.41. The van der Waals surface area contributed by atoms with Crippen molar-refractivity contribution >= 4 is 0 Å². The molecule has 0 saturated heterocycles. The first-order valence-electron chi connectivity index (χ1n) is 10.5. The number of rotatable bonds is 3. The molecule has 0 aliphatic heterocycles. The standard InChI is InChI=1S/C24H25F5O/c1-14-2-3-16-11-17(5-4-15(16)10-14)18-6-8-20(21(25)12-18)19-7-9-23(22(26)13-19)30-24(27,28)29/h6-9,12-17H,2-5,10-11H2,1H3/t14?,15-,16-,17-/m1/s1. The van der Waals surface area contributed by atoms with Gasteiger partial charge < -0.3 is 4.74 Å². The van der Waals surface area contributed by atoms with Crippen molar-refractivity contribution < 1.29 is 26.7 Å². The molecule has 2 aliphatic rings. The molecule has 2 aliphatic carbocycles. The van der Waals surface area contributed by atoms with Gasteiger partial charge in [-0.05, 0) is 85.1 Å². The van der Waals surface area contributed by atoms with Crippen molar-refractivity contribution in [2.75, 3.05) is 0 Å². The number of alkyl halides is 3. The Morgan fingerprint density at radius 1 is 0.833 bits per heavy atom. The Bertz CT molecular complexity index is 907. The van der Waals surface area contributed by atoms with E-state index in [-0.39, 0.29) is 11.1 Å². The van der Waals surface area contributed by atoms with Crippen LogP contribution in [0.1, 0.15) is 56.9 Å². The summed E-state index contributed by atoms with van der Waals surface area (Å²) in [5.74, 6) is 0.0126. The van der Waals surface area contributed by atoms with E-state index in [1.807, 2.05) is 6.07 Å². The normalized spacial score (nSPS) is 26.9. The molecule has 30 heavy (non-hydrogen) atoms. The zero-order chi connectivity index (χ0) is 21.5. The van der Waals surface area contributed by atoms with E-state index in [0.717, 1.165) is 42.4 Å². The van der Waals surface area contributed by atoms with Crippen LogP contribution >= 0.6 is 0 Å². The van der Waals surface area contributed by atoms with Gasteiger partial charge in [0.05, 0.1) is 0 Å². The van der Waals surface area contributed by atoms with Gasteiger partial charge in [-0.1, -0.05) is 31.5 Å². The molecule has 0 heterocycles. The fourth-order valence-electron chi connectivity index (χ4n) is 5.32. The van der Waals surface area contributed by atoms with Crippen molar-refractivity contribution in [3.05, 3.63) is 53.6 Å². The number of fused-ring (bicyclic) bond motifs is 1. The van der Waals surface area contributed by atoms with Crippen LogP contribution < -0.4 is 4.74 Å². The summed E-state index contributed by atoms with van der Waals surface area (Å²) in [6, 6.07) is 7.94. The SMILES string of the molecule is CC1CC[C@@H]2C[C@H](c3ccc(-c4ccc(OC(F)(F)F)c(F)c4)c(F)c3)CC[C@@H]2C1. The summed E-state index contributed by atoms with van der Waals surface area (Å²) in [7, 11) is 0. The van der Waals surface area contributed by atoms with Crippen LogP contribution in [0.25, 0.3) is 11.1 Å². The van der Waals surface area contributed by atoms with Crippen molar-refractivity contribution in [3.8, 4) is 16.9 Å². The van der Waals surface area contributed by atoms with Crippen molar-refractivity contribution in [2.24, 2.45) is 17.8 Å². The van der Waals surface area contributed by atoms with E-state index in [4.69, 9.17) is 0 Å². The number of ether oxygens (including phenoxy) is 1. The second kappa shape index (κ2) is 8.20. The van der Waals surface area contributed by atoms with Crippen LogP contribution in [0, 0.1) is 29.4 Å². The number of hydrogen-bond donors (Lipinski definition) is 0. The molecule has 4 rings (SSSR count). The Hall–Kier alpha value is -2.11. The molecule has 1 unspecified atom stereocenters. The first-order valence-corrected chi connectivity index (χ1v) is 10.5. The Labute approximate surface area is 173 Å². The lowest BCUT2D eigenvalue weighted by Crippen LogP contribution is -2.29. The molecule has 0 spiro atoms. The van der Waals surface area contributed by atoms with Crippen LogP contribution in [0.3, 0.4) is 0 Å². The van der Waals surface area contributed by atoms with E-state index in [0.29, 0.717) is 11.8 Å². The third kappa shape index (κ3) is 4.62. The fourth-order valence-corrected chi connectivity index (χ4v) is 5.32. The first kappa shape index (κ1) is 21.1. The maximum absolute atomic E-state index is 14.8. The van der Waals surface area contributed by atoms with Crippen LogP contribution in [0.5, 0.6) is 5.75 Å². The van der Waals surface area contributed by atoms with E-state index < -0.39 is 23.7 Å². The van der Waals surface area contributed by atoms with Gasteiger partial charge in [0.2, 0.25) is 0 Å². The van der Waals surface area contributed by atoms with Crippen LogP contribution in [0.4, 0.5) is 22.0 Å². The predicted molar refractivity (Wildman–Crippen MR) is 105 cm³/mol. The minimum Gasteiger partial charge on any atom is -0.403 e. The third-order valence-electron chi connectivity index (χ3n) is 6.81. The first-order chi connectivity index (χ1) is 14.2. The van der Waals surface area contributed by atoms with Crippen molar-refractivity contribution in [1.82, 2.24) is 0 Å². The molecule has 2 fully saturated rings. The molecule has 1 nitrogen and oxygen atoms in total. The highest BCUT2D eigenvalue weighted by Gasteiger charge is 2.35.